The van der Waals surface area contributed by atoms with Crippen LogP contribution in [0.25, 0.3) is 100 Å². The van der Waals surface area contributed by atoms with Crippen LogP contribution in [0.15, 0.2) is 170 Å². The molecule has 0 atom stereocenters. The number of rotatable bonds is 6. The molecule has 76 heavy (non-hydrogen) atoms. The van der Waals surface area contributed by atoms with Crippen LogP contribution in [-0.4, -0.2) is 24.1 Å². The van der Waals surface area contributed by atoms with Crippen molar-refractivity contribution < 1.29 is 0 Å². The van der Waals surface area contributed by atoms with Gasteiger partial charge in [0.25, 0.3) is 0 Å². The molecule has 3 heterocycles. The molecule has 8 aromatic carbocycles. The predicted molar refractivity (Wildman–Crippen MR) is 324 cm³/mol. The van der Waals surface area contributed by atoms with Gasteiger partial charge in [0, 0.05) is 49.4 Å². The standard InChI is InChI=1S/C71H73N5/c1-67(2,3)47-33-35-63-57(43-47)55-27-19-23-31-61(55)76(63)60-30-22-18-26-54(60)56-40-44(32-34-62(56)75-58-28-20-16-24-52(58)53-25-17-21-29-59(53)75)64-72-65(45-36-48(68(4,5)6)41-49(37-45)69(7,8)9)74-66(73-64)46-38-50(70(10,11)12)42-51(39-46)71(13,14)15/h16-43H,1-15H3. The second-order valence-electron chi connectivity index (χ2n) is 26.4. The average molecular weight is 996 g/mol. The fourth-order valence-electron chi connectivity index (χ4n) is 10.9. The molecule has 0 fully saturated rings. The molecule has 0 aliphatic heterocycles. The Bertz CT molecular complexity index is 3860. The molecule has 0 saturated carbocycles. The van der Waals surface area contributed by atoms with Gasteiger partial charge in [0.05, 0.1) is 33.4 Å². The Hall–Kier alpha value is -7.63. The average Bonchev–Trinajstić information content (AvgIpc) is 3.93. The van der Waals surface area contributed by atoms with E-state index in [0.29, 0.717) is 17.5 Å². The van der Waals surface area contributed by atoms with Gasteiger partial charge in [0.15, 0.2) is 17.5 Å². The zero-order chi connectivity index (χ0) is 53.9. The van der Waals surface area contributed by atoms with Crippen LogP contribution in [0.5, 0.6) is 0 Å². The van der Waals surface area contributed by atoms with Crippen LogP contribution in [0.2, 0.25) is 0 Å². The van der Waals surface area contributed by atoms with Gasteiger partial charge in [-0.2, -0.15) is 0 Å². The predicted octanol–water partition coefficient (Wildman–Crippen LogP) is 19.2. The lowest BCUT2D eigenvalue weighted by Gasteiger charge is -2.26. The van der Waals surface area contributed by atoms with Crippen molar-refractivity contribution in [3.05, 3.63) is 198 Å². The van der Waals surface area contributed by atoms with E-state index in [-0.39, 0.29) is 27.1 Å². The summed E-state index contributed by atoms with van der Waals surface area (Å²) in [5.74, 6) is 1.93. The molecular formula is C71H73N5. The summed E-state index contributed by atoms with van der Waals surface area (Å²) in [7, 11) is 0. The molecule has 0 N–H and O–H groups in total. The summed E-state index contributed by atoms with van der Waals surface area (Å²) < 4.78 is 4.92. The van der Waals surface area contributed by atoms with E-state index < -0.39 is 0 Å². The second kappa shape index (κ2) is 18.0. The number of para-hydroxylation sites is 4. The van der Waals surface area contributed by atoms with Crippen molar-refractivity contribution in [1.29, 1.82) is 0 Å². The number of hydrogen-bond donors (Lipinski definition) is 0. The van der Waals surface area contributed by atoms with E-state index in [4.69, 9.17) is 15.0 Å². The summed E-state index contributed by atoms with van der Waals surface area (Å²) in [5, 5.41) is 4.90. The molecule has 0 unspecified atom stereocenters. The minimum atomic E-state index is -0.104. The van der Waals surface area contributed by atoms with Gasteiger partial charge in [-0.25, -0.2) is 15.0 Å². The largest absolute Gasteiger partial charge is 0.309 e. The summed E-state index contributed by atoms with van der Waals surface area (Å²) in [6, 6.07) is 63.2. The Labute approximate surface area is 450 Å². The molecule has 0 aliphatic rings. The first kappa shape index (κ1) is 50.5. The van der Waals surface area contributed by atoms with Crippen LogP contribution in [0.1, 0.15) is 132 Å². The van der Waals surface area contributed by atoms with Crippen molar-refractivity contribution in [2.45, 2.75) is 131 Å². The Morgan fingerprint density at radius 1 is 0.263 bits per heavy atom. The first-order valence-corrected chi connectivity index (χ1v) is 27.2. The molecule has 0 radical (unpaired) electrons. The van der Waals surface area contributed by atoms with Crippen molar-refractivity contribution in [3.8, 4) is 56.7 Å². The van der Waals surface area contributed by atoms with E-state index in [1.54, 1.807) is 0 Å². The van der Waals surface area contributed by atoms with Crippen molar-refractivity contribution in [2.24, 2.45) is 0 Å². The van der Waals surface area contributed by atoms with E-state index in [2.05, 4.69) is 283 Å². The molecule has 11 rings (SSSR count). The van der Waals surface area contributed by atoms with Gasteiger partial charge in [0.1, 0.15) is 0 Å². The minimum absolute atomic E-state index is 0.00371. The Morgan fingerprint density at radius 2 is 0.618 bits per heavy atom. The summed E-state index contributed by atoms with van der Waals surface area (Å²) in [5.41, 5.74) is 17.7. The van der Waals surface area contributed by atoms with Crippen LogP contribution >= 0.6 is 0 Å². The molecule has 0 bridgehead atoms. The monoisotopic (exact) mass is 996 g/mol. The van der Waals surface area contributed by atoms with E-state index >= 15 is 0 Å². The highest BCUT2D eigenvalue weighted by molar-refractivity contribution is 6.11. The number of hydrogen-bond acceptors (Lipinski definition) is 3. The molecule has 0 amide bonds. The number of nitrogens with zero attached hydrogens (tertiary/aromatic N) is 5. The fourth-order valence-corrected chi connectivity index (χ4v) is 10.9. The lowest BCUT2D eigenvalue weighted by molar-refractivity contribution is 0.568. The highest BCUT2D eigenvalue weighted by Gasteiger charge is 2.27. The fraction of sp³-hybridized carbons (Fsp3) is 0.282. The van der Waals surface area contributed by atoms with Crippen LogP contribution in [-0.2, 0) is 27.1 Å². The summed E-state index contributed by atoms with van der Waals surface area (Å²) in [6.07, 6.45) is 0. The van der Waals surface area contributed by atoms with E-state index in [0.717, 1.165) is 55.7 Å². The van der Waals surface area contributed by atoms with Gasteiger partial charge in [-0.05, 0) is 134 Å². The number of benzene rings is 8. The third-order valence-electron chi connectivity index (χ3n) is 15.5. The lowest BCUT2D eigenvalue weighted by Crippen LogP contribution is -2.17. The first-order valence-electron chi connectivity index (χ1n) is 27.2. The Balaban J connectivity index is 1.23. The maximum absolute atomic E-state index is 5.56. The normalized spacial score (nSPS) is 12.9. The summed E-state index contributed by atoms with van der Waals surface area (Å²) >= 11 is 0. The second-order valence-corrected chi connectivity index (χ2v) is 26.4. The van der Waals surface area contributed by atoms with Gasteiger partial charge < -0.3 is 9.13 Å². The first-order chi connectivity index (χ1) is 35.8. The Morgan fingerprint density at radius 3 is 1.05 bits per heavy atom. The Kier molecular flexibility index (Phi) is 12.0. The topological polar surface area (TPSA) is 48.5 Å². The highest BCUT2D eigenvalue weighted by Crippen LogP contribution is 2.44. The SMILES string of the molecule is CC(C)(C)c1cc(-c2nc(-c3cc(C(C)(C)C)cc(C(C)(C)C)c3)nc(-c3ccc(-n4c5ccccc5c5ccccc54)c(-c4ccccc4-n4c5ccccc5c5cc(C(C)(C)C)ccc54)c3)n2)cc(C(C)(C)C)c1. The summed E-state index contributed by atoms with van der Waals surface area (Å²) in [6.45, 7) is 34.3. The molecule has 11 aromatic rings. The van der Waals surface area contributed by atoms with Crippen molar-refractivity contribution >= 4 is 43.6 Å². The van der Waals surface area contributed by atoms with Crippen LogP contribution in [0.4, 0.5) is 0 Å². The molecule has 5 heteroatoms. The highest BCUT2D eigenvalue weighted by atomic mass is 15.0. The lowest BCUT2D eigenvalue weighted by atomic mass is 9.79. The third kappa shape index (κ3) is 9.12. The minimum Gasteiger partial charge on any atom is -0.309 e. The number of fused-ring (bicyclic) bond motifs is 6. The van der Waals surface area contributed by atoms with Crippen LogP contribution < -0.4 is 0 Å². The molecule has 382 valence electrons. The van der Waals surface area contributed by atoms with Crippen LogP contribution in [0, 0.1) is 0 Å². The van der Waals surface area contributed by atoms with Gasteiger partial charge in [0.2, 0.25) is 0 Å². The molecule has 3 aromatic heterocycles. The molecular weight excluding hydrogens is 923 g/mol. The van der Waals surface area contributed by atoms with Crippen LogP contribution in [0.3, 0.4) is 0 Å². The van der Waals surface area contributed by atoms with Gasteiger partial charge in [-0.3, -0.25) is 0 Å². The van der Waals surface area contributed by atoms with Crippen molar-refractivity contribution in [3.63, 3.8) is 0 Å². The maximum atomic E-state index is 5.56. The van der Waals surface area contributed by atoms with E-state index in [9.17, 15) is 0 Å². The zero-order valence-electron chi connectivity index (χ0n) is 47.4. The van der Waals surface area contributed by atoms with E-state index in [1.165, 1.54) is 54.9 Å². The van der Waals surface area contributed by atoms with Crippen molar-refractivity contribution in [2.75, 3.05) is 0 Å². The third-order valence-corrected chi connectivity index (χ3v) is 15.5. The quantitative estimate of drug-likeness (QED) is 0.167. The number of aromatic nitrogens is 5. The summed E-state index contributed by atoms with van der Waals surface area (Å²) in [4.78, 5) is 16.6. The zero-order valence-corrected chi connectivity index (χ0v) is 47.4. The van der Waals surface area contributed by atoms with E-state index in [1.807, 2.05) is 0 Å². The molecule has 0 saturated heterocycles. The molecule has 0 spiro atoms. The van der Waals surface area contributed by atoms with Gasteiger partial charge in [-0.15, -0.1) is 0 Å². The van der Waals surface area contributed by atoms with Gasteiger partial charge in [-0.1, -0.05) is 195 Å². The molecule has 5 nitrogen and oxygen atoms in total. The smallest absolute Gasteiger partial charge is 0.164 e. The maximum Gasteiger partial charge on any atom is 0.164 e. The van der Waals surface area contributed by atoms with Gasteiger partial charge >= 0.3 is 0 Å². The molecule has 0 aliphatic carbocycles. The van der Waals surface area contributed by atoms with Crippen molar-refractivity contribution in [1.82, 2.24) is 24.1 Å².